The summed E-state index contributed by atoms with van der Waals surface area (Å²) in [7, 11) is 3.11. The summed E-state index contributed by atoms with van der Waals surface area (Å²) in [6.07, 6.45) is 3.49. The molecule has 0 radical (unpaired) electrons. The first-order chi connectivity index (χ1) is 18.8. The van der Waals surface area contributed by atoms with Gasteiger partial charge in [0.05, 0.1) is 20.3 Å². The number of anilines is 1. The van der Waals surface area contributed by atoms with Crippen molar-refractivity contribution in [3.05, 3.63) is 64.1 Å². The molecule has 3 N–H and O–H groups in total. The van der Waals surface area contributed by atoms with Gasteiger partial charge in [0.2, 0.25) is 0 Å². The molecule has 1 fully saturated rings. The average molecular weight is 553 g/mol. The molecule has 1 aliphatic rings. The van der Waals surface area contributed by atoms with E-state index in [9.17, 15) is 9.59 Å². The second-order valence-electron chi connectivity index (χ2n) is 9.81. The van der Waals surface area contributed by atoms with Crippen molar-refractivity contribution in [2.75, 3.05) is 19.5 Å². The highest BCUT2D eigenvalue weighted by Crippen LogP contribution is 2.26. The maximum absolute atomic E-state index is 13.0. The van der Waals surface area contributed by atoms with E-state index in [1.54, 1.807) is 37.8 Å². The first-order valence-electron chi connectivity index (χ1n) is 13.1. The van der Waals surface area contributed by atoms with E-state index < -0.39 is 0 Å². The van der Waals surface area contributed by atoms with Gasteiger partial charge in [-0.05, 0) is 36.5 Å². The summed E-state index contributed by atoms with van der Waals surface area (Å²) >= 11 is 1.39. The molecule has 3 aromatic rings. The van der Waals surface area contributed by atoms with Crippen LogP contribution >= 0.6 is 11.3 Å². The van der Waals surface area contributed by atoms with Crippen molar-refractivity contribution >= 4 is 29.0 Å². The number of methoxy groups -OCH3 is 2. The van der Waals surface area contributed by atoms with Gasteiger partial charge in [0.15, 0.2) is 0 Å². The first-order valence-corrected chi connectivity index (χ1v) is 14.0. The second kappa shape index (κ2) is 13.3. The number of hydrogen-bond donors (Lipinski definition) is 3. The summed E-state index contributed by atoms with van der Waals surface area (Å²) in [5.41, 5.74) is 2.16. The largest absolute Gasteiger partial charge is 0.497 e. The van der Waals surface area contributed by atoms with Gasteiger partial charge in [0.1, 0.15) is 34.6 Å². The summed E-state index contributed by atoms with van der Waals surface area (Å²) in [5.74, 6) is 2.12. The minimum atomic E-state index is -0.356. The van der Waals surface area contributed by atoms with Crippen LogP contribution in [0, 0.1) is 0 Å². The van der Waals surface area contributed by atoms with Crippen molar-refractivity contribution in [1.29, 1.82) is 0 Å². The van der Waals surface area contributed by atoms with Crippen LogP contribution in [0.15, 0.2) is 47.8 Å². The molecule has 39 heavy (non-hydrogen) atoms. The Bertz CT molecular complexity index is 1240. The molecule has 4 rings (SSSR count). The van der Waals surface area contributed by atoms with Crippen molar-refractivity contribution < 1.29 is 23.8 Å². The minimum absolute atomic E-state index is 0.197. The zero-order valence-corrected chi connectivity index (χ0v) is 23.6. The first kappa shape index (κ1) is 28.2. The van der Waals surface area contributed by atoms with E-state index in [1.807, 2.05) is 12.1 Å². The second-order valence-corrected chi connectivity index (χ2v) is 10.8. The molecule has 0 aliphatic heterocycles. The van der Waals surface area contributed by atoms with Crippen molar-refractivity contribution in [3.8, 4) is 17.2 Å². The summed E-state index contributed by atoms with van der Waals surface area (Å²) in [6, 6.07) is 12.4. The molecule has 0 saturated heterocycles. The fourth-order valence-electron chi connectivity index (χ4n) is 4.51. The van der Waals surface area contributed by atoms with Crippen molar-refractivity contribution in [2.24, 2.45) is 0 Å². The smallest absolute Gasteiger partial charge is 0.319 e. The lowest BCUT2D eigenvalue weighted by molar-refractivity contribution is 0.0911. The van der Waals surface area contributed by atoms with E-state index in [-0.39, 0.29) is 24.0 Å². The lowest BCUT2D eigenvalue weighted by atomic mass is 9.90. The Kier molecular flexibility index (Phi) is 9.64. The summed E-state index contributed by atoms with van der Waals surface area (Å²) in [6.45, 7) is 4.60. The fourth-order valence-corrected chi connectivity index (χ4v) is 5.19. The van der Waals surface area contributed by atoms with Gasteiger partial charge in [-0.2, -0.15) is 0 Å². The van der Waals surface area contributed by atoms with Gasteiger partial charge < -0.3 is 30.2 Å². The van der Waals surface area contributed by atoms with Gasteiger partial charge in [0, 0.05) is 35.3 Å². The van der Waals surface area contributed by atoms with E-state index in [0.717, 1.165) is 36.4 Å². The van der Waals surface area contributed by atoms with Gasteiger partial charge in [-0.25, -0.2) is 9.78 Å². The number of ether oxygens (including phenoxy) is 3. The number of thiazole rings is 1. The average Bonchev–Trinajstić information content (AvgIpc) is 3.42. The molecule has 2 aromatic carbocycles. The van der Waals surface area contributed by atoms with Crippen LogP contribution in [0.4, 0.5) is 10.5 Å². The third-order valence-electron chi connectivity index (χ3n) is 6.70. The lowest BCUT2D eigenvalue weighted by Gasteiger charge is -2.32. The van der Waals surface area contributed by atoms with Crippen molar-refractivity contribution in [1.82, 2.24) is 15.6 Å². The topological polar surface area (TPSA) is 111 Å². The van der Waals surface area contributed by atoms with Gasteiger partial charge in [-0.3, -0.25) is 4.79 Å². The van der Waals surface area contributed by atoms with Crippen LogP contribution in [0.5, 0.6) is 17.2 Å². The van der Waals surface area contributed by atoms with Crippen LogP contribution in [0.3, 0.4) is 0 Å². The molecular formula is C29H36N4O5S. The molecule has 9 nitrogen and oxygen atoms in total. The Hall–Kier alpha value is -3.79. The minimum Gasteiger partial charge on any atom is -0.497 e. The zero-order chi connectivity index (χ0) is 27.8. The molecule has 0 spiro atoms. The molecule has 208 valence electrons. The van der Waals surface area contributed by atoms with Crippen LogP contribution in [-0.2, 0) is 6.61 Å². The predicted octanol–water partition coefficient (Wildman–Crippen LogP) is 5.73. The number of hydrogen-bond acceptors (Lipinski definition) is 7. The van der Waals surface area contributed by atoms with Gasteiger partial charge >= 0.3 is 6.03 Å². The Labute approximate surface area is 233 Å². The van der Waals surface area contributed by atoms with Crippen LogP contribution < -0.4 is 30.2 Å². The molecule has 2 unspecified atom stereocenters. The molecule has 1 aromatic heterocycles. The van der Waals surface area contributed by atoms with Gasteiger partial charge in [-0.1, -0.05) is 38.8 Å². The number of rotatable bonds is 10. The van der Waals surface area contributed by atoms with E-state index >= 15 is 0 Å². The number of carbonyl (C=O) groups excluding carboxylic acids is 2. The van der Waals surface area contributed by atoms with Crippen LogP contribution in [-0.4, -0.2) is 43.2 Å². The van der Waals surface area contributed by atoms with E-state index in [1.165, 1.54) is 16.9 Å². The van der Waals surface area contributed by atoms with E-state index in [0.29, 0.717) is 35.4 Å². The maximum atomic E-state index is 13.0. The zero-order valence-electron chi connectivity index (χ0n) is 22.8. The molecule has 1 aliphatic carbocycles. The number of amides is 3. The molecule has 1 saturated carbocycles. The van der Waals surface area contributed by atoms with E-state index in [2.05, 4.69) is 46.9 Å². The standard InChI is InChI=1S/C29H36N4O5S/c1-18(2)19-9-11-21(12-10-19)38-16-27-31-26(17-39-27)28(34)32-24-7-5-6-8-25(24)33-29(35)30-20-13-22(36-3)15-23(14-20)37-4/h9-15,17-18,24-25H,5-8,16H2,1-4H3,(H,32,34)(H2,30,33,35). The monoisotopic (exact) mass is 552 g/mol. The Morgan fingerprint density at radius 2 is 1.59 bits per heavy atom. The van der Waals surface area contributed by atoms with Crippen LogP contribution in [0.1, 0.15) is 66.5 Å². The summed E-state index contributed by atoms with van der Waals surface area (Å²) < 4.78 is 16.4. The quantitative estimate of drug-likeness (QED) is 0.296. The molecule has 1 heterocycles. The Morgan fingerprint density at radius 3 is 2.21 bits per heavy atom. The normalized spacial score (nSPS) is 16.8. The summed E-state index contributed by atoms with van der Waals surface area (Å²) in [4.78, 5) is 30.3. The lowest BCUT2D eigenvalue weighted by Crippen LogP contribution is -2.54. The fraction of sp³-hybridized carbons (Fsp3) is 0.414. The van der Waals surface area contributed by atoms with Crippen LogP contribution in [0.2, 0.25) is 0 Å². The highest BCUT2D eigenvalue weighted by molar-refractivity contribution is 7.09. The van der Waals surface area contributed by atoms with E-state index in [4.69, 9.17) is 14.2 Å². The van der Waals surface area contributed by atoms with Gasteiger partial charge in [0.25, 0.3) is 5.91 Å². The number of carbonyl (C=O) groups is 2. The number of benzene rings is 2. The SMILES string of the molecule is COc1cc(NC(=O)NC2CCCCC2NC(=O)c2csc(COc3ccc(C(C)C)cc3)n2)cc(OC)c1. The number of aromatic nitrogens is 1. The molecule has 0 bridgehead atoms. The van der Waals surface area contributed by atoms with Crippen molar-refractivity contribution in [3.63, 3.8) is 0 Å². The maximum Gasteiger partial charge on any atom is 0.319 e. The molecule has 2 atom stereocenters. The molecular weight excluding hydrogens is 516 g/mol. The number of nitrogens with one attached hydrogen (secondary N) is 3. The summed E-state index contributed by atoms with van der Waals surface area (Å²) in [5, 5.41) is 11.4. The highest BCUT2D eigenvalue weighted by Gasteiger charge is 2.29. The third kappa shape index (κ3) is 7.86. The van der Waals surface area contributed by atoms with Gasteiger partial charge in [-0.15, -0.1) is 11.3 Å². The van der Waals surface area contributed by atoms with Crippen molar-refractivity contribution in [2.45, 2.75) is 64.1 Å². The highest BCUT2D eigenvalue weighted by atomic mass is 32.1. The number of nitrogens with zero attached hydrogens (tertiary/aromatic N) is 1. The Morgan fingerprint density at radius 1 is 0.949 bits per heavy atom. The van der Waals surface area contributed by atoms with Crippen LogP contribution in [0.25, 0.3) is 0 Å². The predicted molar refractivity (Wildman–Crippen MR) is 152 cm³/mol. The molecule has 10 heteroatoms. The molecule has 3 amide bonds. The Balaban J connectivity index is 1.31. The number of urea groups is 1. The third-order valence-corrected chi connectivity index (χ3v) is 7.52.